The zero-order chi connectivity index (χ0) is 9.84. The fraction of sp³-hybridized carbons (Fsp3) is 0.500. The summed E-state index contributed by atoms with van der Waals surface area (Å²) in [4.78, 5) is 14.6. The first-order valence-corrected chi connectivity index (χ1v) is 4.86. The van der Waals surface area contributed by atoms with Crippen molar-refractivity contribution in [3.8, 4) is 0 Å². The van der Waals surface area contributed by atoms with Gasteiger partial charge in [-0.25, -0.2) is 4.98 Å². The maximum atomic E-state index is 10.5. The molecule has 1 heterocycles. The van der Waals surface area contributed by atoms with Crippen LogP contribution in [0.2, 0.25) is 0 Å². The van der Waals surface area contributed by atoms with Crippen molar-refractivity contribution in [2.45, 2.75) is 25.3 Å². The van der Waals surface area contributed by atoms with Crippen LogP contribution in [0.4, 0.5) is 0 Å². The van der Waals surface area contributed by atoms with Crippen molar-refractivity contribution in [2.75, 3.05) is 0 Å². The lowest BCUT2D eigenvalue weighted by molar-refractivity contribution is -0.137. The van der Waals surface area contributed by atoms with Gasteiger partial charge in [0.05, 0.1) is 11.4 Å². The molecule has 0 radical (unpaired) electrons. The zero-order valence-electron chi connectivity index (χ0n) is 7.30. The van der Waals surface area contributed by atoms with Gasteiger partial charge in [0.15, 0.2) is 0 Å². The van der Waals surface area contributed by atoms with E-state index in [2.05, 4.69) is 4.98 Å². The van der Waals surface area contributed by atoms with Gasteiger partial charge in [-0.2, -0.15) is 0 Å². The number of thiazole rings is 1. The molecule has 1 aromatic heterocycles. The van der Waals surface area contributed by atoms with E-state index >= 15 is 0 Å². The summed E-state index contributed by atoms with van der Waals surface area (Å²) in [5.41, 5.74) is 5.68. The third-order valence-electron chi connectivity index (χ3n) is 1.80. The molecule has 0 spiro atoms. The number of rotatable bonds is 4. The maximum absolute atomic E-state index is 10.5. The molecule has 3 N–H and O–H groups in total. The molecule has 1 rings (SSSR count). The summed E-state index contributed by atoms with van der Waals surface area (Å²) in [6.45, 7) is 1.80. The van der Waals surface area contributed by atoms with Crippen LogP contribution < -0.4 is 5.73 Å². The number of aliphatic carboxylic acids is 1. The minimum atomic E-state index is -0.836. The van der Waals surface area contributed by atoms with E-state index in [0.717, 1.165) is 5.01 Å². The number of aromatic nitrogens is 1. The highest BCUT2D eigenvalue weighted by Crippen LogP contribution is 2.24. The second-order valence-electron chi connectivity index (χ2n) is 2.93. The topological polar surface area (TPSA) is 76.2 Å². The summed E-state index contributed by atoms with van der Waals surface area (Å²) in [6, 6.07) is -0.178. The number of hydrogen-bond donors (Lipinski definition) is 2. The Balaban J connectivity index is 2.74. The maximum Gasteiger partial charge on any atom is 0.304 e. The van der Waals surface area contributed by atoms with E-state index in [9.17, 15) is 4.79 Å². The second kappa shape index (κ2) is 4.34. The summed E-state index contributed by atoms with van der Waals surface area (Å²) in [7, 11) is 0. The first kappa shape index (κ1) is 10.1. The van der Waals surface area contributed by atoms with Gasteiger partial charge in [-0.15, -0.1) is 11.3 Å². The minimum absolute atomic E-state index is 0.0468. The quantitative estimate of drug-likeness (QED) is 0.761. The molecule has 0 fully saturated rings. The molecule has 0 aliphatic heterocycles. The van der Waals surface area contributed by atoms with Crippen molar-refractivity contribution in [1.29, 1.82) is 0 Å². The van der Waals surface area contributed by atoms with E-state index in [0.29, 0.717) is 0 Å². The van der Waals surface area contributed by atoms with Crippen LogP contribution >= 0.6 is 11.3 Å². The van der Waals surface area contributed by atoms with Crippen LogP contribution in [-0.2, 0) is 4.79 Å². The van der Waals surface area contributed by atoms with Gasteiger partial charge in [-0.05, 0) is 6.92 Å². The van der Waals surface area contributed by atoms with E-state index in [1.54, 1.807) is 13.1 Å². The number of carbonyl (C=O) groups is 1. The lowest BCUT2D eigenvalue weighted by atomic mass is 9.99. The van der Waals surface area contributed by atoms with Crippen molar-refractivity contribution in [2.24, 2.45) is 5.73 Å². The van der Waals surface area contributed by atoms with Crippen molar-refractivity contribution in [3.63, 3.8) is 0 Å². The highest BCUT2D eigenvalue weighted by molar-refractivity contribution is 7.09. The molecule has 13 heavy (non-hydrogen) atoms. The first-order valence-electron chi connectivity index (χ1n) is 3.98. The number of nitrogens with two attached hydrogens (primary N) is 1. The van der Waals surface area contributed by atoms with E-state index in [4.69, 9.17) is 10.8 Å². The summed E-state index contributed by atoms with van der Waals surface area (Å²) < 4.78 is 0. The minimum Gasteiger partial charge on any atom is -0.481 e. The van der Waals surface area contributed by atoms with E-state index < -0.39 is 5.97 Å². The second-order valence-corrected chi connectivity index (χ2v) is 3.86. The van der Waals surface area contributed by atoms with Crippen molar-refractivity contribution in [3.05, 3.63) is 16.6 Å². The average Bonchev–Trinajstić information content (AvgIpc) is 2.50. The summed E-state index contributed by atoms with van der Waals surface area (Å²) >= 11 is 1.45. The van der Waals surface area contributed by atoms with Gasteiger partial charge >= 0.3 is 5.97 Å². The Bertz CT molecular complexity index is 272. The predicted molar refractivity (Wildman–Crippen MR) is 50.8 cm³/mol. The van der Waals surface area contributed by atoms with Gasteiger partial charge < -0.3 is 10.8 Å². The molecule has 0 aliphatic carbocycles. The Morgan fingerprint density at radius 3 is 2.92 bits per heavy atom. The lowest BCUT2D eigenvalue weighted by Gasteiger charge is -2.15. The van der Waals surface area contributed by atoms with Crippen LogP contribution in [0.1, 0.15) is 24.3 Å². The predicted octanol–water partition coefficient (Wildman–Crippen LogP) is 1.05. The number of carboxylic acids is 1. The van der Waals surface area contributed by atoms with Gasteiger partial charge in [-0.3, -0.25) is 4.79 Å². The molecule has 1 aromatic rings. The van der Waals surface area contributed by atoms with Gasteiger partial charge in [0.25, 0.3) is 0 Å². The number of carboxylic acid groups (broad SMARTS) is 1. The fourth-order valence-electron chi connectivity index (χ4n) is 1.10. The van der Waals surface area contributed by atoms with Crippen LogP contribution in [-0.4, -0.2) is 22.1 Å². The van der Waals surface area contributed by atoms with Crippen LogP contribution in [0, 0.1) is 0 Å². The van der Waals surface area contributed by atoms with Crippen LogP contribution in [0.5, 0.6) is 0 Å². The Morgan fingerprint density at radius 1 is 1.85 bits per heavy atom. The van der Waals surface area contributed by atoms with Crippen LogP contribution in [0.15, 0.2) is 11.6 Å². The Hall–Kier alpha value is -0.940. The largest absolute Gasteiger partial charge is 0.481 e. The molecule has 2 atom stereocenters. The van der Waals surface area contributed by atoms with E-state index in [-0.39, 0.29) is 18.4 Å². The van der Waals surface area contributed by atoms with Crippen molar-refractivity contribution in [1.82, 2.24) is 4.98 Å². The fourth-order valence-corrected chi connectivity index (χ4v) is 1.96. The van der Waals surface area contributed by atoms with Crippen LogP contribution in [0.25, 0.3) is 0 Å². The Kier molecular flexibility index (Phi) is 3.39. The zero-order valence-corrected chi connectivity index (χ0v) is 8.12. The number of hydrogen-bond acceptors (Lipinski definition) is 4. The van der Waals surface area contributed by atoms with Crippen molar-refractivity contribution < 1.29 is 9.90 Å². The van der Waals surface area contributed by atoms with Gasteiger partial charge in [-0.1, -0.05) is 0 Å². The van der Waals surface area contributed by atoms with Crippen LogP contribution in [0.3, 0.4) is 0 Å². The molecular weight excluding hydrogens is 188 g/mol. The van der Waals surface area contributed by atoms with Gasteiger partial charge in [0, 0.05) is 23.5 Å². The van der Waals surface area contributed by atoms with Gasteiger partial charge in [0.2, 0.25) is 0 Å². The molecule has 0 aliphatic rings. The monoisotopic (exact) mass is 200 g/mol. The molecule has 4 nitrogen and oxygen atoms in total. The molecule has 0 amide bonds. The Morgan fingerprint density at radius 2 is 2.54 bits per heavy atom. The molecule has 0 saturated heterocycles. The third-order valence-corrected chi connectivity index (χ3v) is 2.71. The highest BCUT2D eigenvalue weighted by Gasteiger charge is 2.21. The molecule has 5 heteroatoms. The molecule has 72 valence electrons. The summed E-state index contributed by atoms with van der Waals surface area (Å²) in [6.07, 6.45) is 1.71. The van der Waals surface area contributed by atoms with E-state index in [1.807, 2.05) is 5.38 Å². The highest BCUT2D eigenvalue weighted by atomic mass is 32.1. The van der Waals surface area contributed by atoms with Crippen molar-refractivity contribution >= 4 is 17.3 Å². The molecule has 2 unspecified atom stereocenters. The normalized spacial score (nSPS) is 15.2. The first-order chi connectivity index (χ1) is 6.11. The van der Waals surface area contributed by atoms with Gasteiger partial charge in [0.1, 0.15) is 0 Å². The summed E-state index contributed by atoms with van der Waals surface area (Å²) in [5.74, 6) is -1.00. The SMILES string of the molecule is CC(N)C(CC(=O)O)c1nccs1. The Labute approximate surface area is 80.4 Å². The molecule has 0 bridgehead atoms. The van der Waals surface area contributed by atoms with E-state index in [1.165, 1.54) is 11.3 Å². The molecule has 0 saturated carbocycles. The third kappa shape index (κ3) is 2.78. The molecular formula is C8H12N2O2S. The smallest absolute Gasteiger partial charge is 0.304 e. The summed E-state index contributed by atoms with van der Waals surface area (Å²) in [5, 5.41) is 11.3. The molecule has 0 aromatic carbocycles. The number of nitrogens with zero attached hydrogens (tertiary/aromatic N) is 1. The lowest BCUT2D eigenvalue weighted by Crippen LogP contribution is -2.26. The average molecular weight is 200 g/mol. The standard InChI is InChI=1S/C8H12N2O2S/c1-5(9)6(4-7(11)12)8-10-2-3-13-8/h2-3,5-6H,4,9H2,1H3,(H,11,12).